The molecule has 1 heterocycles. The van der Waals surface area contributed by atoms with E-state index in [2.05, 4.69) is 53.0 Å². The fourth-order valence-electron chi connectivity index (χ4n) is 2.68. The Hall–Kier alpha value is -2.46. The van der Waals surface area contributed by atoms with Crippen molar-refractivity contribution in [3.05, 3.63) is 75.8 Å². The summed E-state index contributed by atoms with van der Waals surface area (Å²) in [7, 11) is 2.04. The van der Waals surface area contributed by atoms with Crippen molar-refractivity contribution in [3.63, 3.8) is 0 Å². The van der Waals surface area contributed by atoms with E-state index in [0.29, 0.717) is 17.8 Å². The summed E-state index contributed by atoms with van der Waals surface area (Å²) in [6.07, 6.45) is 0. The zero-order valence-corrected chi connectivity index (χ0v) is 13.7. The summed E-state index contributed by atoms with van der Waals surface area (Å²) in [6, 6.07) is 16.2. The summed E-state index contributed by atoms with van der Waals surface area (Å²) in [5, 5.41) is 0.630. The number of rotatable bonds is 4. The smallest absolute Gasteiger partial charge is 0.258 e. The zero-order valence-electron chi connectivity index (χ0n) is 13.7. The van der Waals surface area contributed by atoms with Crippen molar-refractivity contribution >= 4 is 10.9 Å². The van der Waals surface area contributed by atoms with Gasteiger partial charge in [0.2, 0.25) is 0 Å². The summed E-state index contributed by atoms with van der Waals surface area (Å²) >= 11 is 0. The topological polar surface area (TPSA) is 49.0 Å². The molecule has 1 atom stereocenters. The van der Waals surface area contributed by atoms with Crippen molar-refractivity contribution in [2.45, 2.75) is 26.4 Å². The molecule has 4 nitrogen and oxygen atoms in total. The number of aromatic nitrogens is 2. The van der Waals surface area contributed by atoms with E-state index in [9.17, 15) is 4.79 Å². The van der Waals surface area contributed by atoms with Crippen LogP contribution >= 0.6 is 0 Å². The first-order chi connectivity index (χ1) is 11.0. The van der Waals surface area contributed by atoms with Crippen molar-refractivity contribution in [1.82, 2.24) is 14.9 Å². The second kappa shape index (κ2) is 6.34. The van der Waals surface area contributed by atoms with Crippen molar-refractivity contribution < 1.29 is 0 Å². The van der Waals surface area contributed by atoms with Gasteiger partial charge >= 0.3 is 0 Å². The van der Waals surface area contributed by atoms with Crippen LogP contribution in [-0.2, 0) is 6.54 Å². The fraction of sp³-hybridized carbons (Fsp3) is 0.263. The summed E-state index contributed by atoms with van der Waals surface area (Å²) in [6.45, 7) is 4.83. The Balaban J connectivity index is 1.83. The second-order valence-corrected chi connectivity index (χ2v) is 6.03. The molecule has 2 aromatic carbocycles. The van der Waals surface area contributed by atoms with Crippen LogP contribution in [0.3, 0.4) is 0 Å². The molecule has 1 aromatic heterocycles. The molecule has 4 heteroatoms. The van der Waals surface area contributed by atoms with Gasteiger partial charge in [0.25, 0.3) is 5.56 Å². The molecule has 0 saturated carbocycles. The van der Waals surface area contributed by atoms with Crippen LogP contribution in [0.15, 0.2) is 53.3 Å². The molecule has 3 rings (SSSR count). The number of aryl methyl sites for hydroxylation is 1. The molecule has 0 amide bonds. The molecular weight excluding hydrogens is 286 g/mol. The Bertz CT molecular complexity index is 868. The van der Waals surface area contributed by atoms with Crippen LogP contribution in [-0.4, -0.2) is 21.9 Å². The van der Waals surface area contributed by atoms with Gasteiger partial charge in [0, 0.05) is 6.04 Å². The lowest BCUT2D eigenvalue weighted by Gasteiger charge is -2.24. The number of para-hydroxylation sites is 1. The monoisotopic (exact) mass is 307 g/mol. The van der Waals surface area contributed by atoms with E-state index in [1.807, 2.05) is 25.2 Å². The van der Waals surface area contributed by atoms with Gasteiger partial charge in [0.1, 0.15) is 5.82 Å². The molecule has 0 aliphatic rings. The van der Waals surface area contributed by atoms with E-state index in [1.54, 1.807) is 6.07 Å². The highest BCUT2D eigenvalue weighted by Gasteiger charge is 2.13. The Morgan fingerprint density at radius 2 is 1.83 bits per heavy atom. The van der Waals surface area contributed by atoms with E-state index in [0.717, 1.165) is 5.52 Å². The largest absolute Gasteiger partial charge is 0.309 e. The van der Waals surface area contributed by atoms with Crippen LogP contribution in [0, 0.1) is 6.92 Å². The van der Waals surface area contributed by atoms with Crippen LogP contribution in [0.1, 0.15) is 29.9 Å². The number of benzene rings is 2. The first kappa shape index (κ1) is 15.4. The van der Waals surface area contributed by atoms with Gasteiger partial charge in [0.05, 0.1) is 17.4 Å². The predicted octanol–water partition coefficient (Wildman–Crippen LogP) is 3.42. The van der Waals surface area contributed by atoms with Crippen LogP contribution in [0.2, 0.25) is 0 Å². The maximum atomic E-state index is 12.1. The standard InChI is InChI=1S/C19H21N3O/c1-13-8-10-15(11-9-13)14(2)22(3)12-18-20-17-7-5-4-6-16(17)19(23)21-18/h4-11,14H,12H2,1-3H3,(H,20,21,23). The minimum Gasteiger partial charge on any atom is -0.309 e. The van der Waals surface area contributed by atoms with Crippen molar-refractivity contribution in [1.29, 1.82) is 0 Å². The number of nitrogens with one attached hydrogen (secondary N) is 1. The molecule has 0 aliphatic carbocycles. The molecule has 1 N–H and O–H groups in total. The van der Waals surface area contributed by atoms with Gasteiger partial charge in [0.15, 0.2) is 0 Å². The van der Waals surface area contributed by atoms with Crippen LogP contribution < -0.4 is 5.56 Å². The number of aromatic amines is 1. The summed E-state index contributed by atoms with van der Waals surface area (Å²) < 4.78 is 0. The lowest BCUT2D eigenvalue weighted by molar-refractivity contribution is 0.247. The van der Waals surface area contributed by atoms with Crippen LogP contribution in [0.4, 0.5) is 0 Å². The molecule has 0 saturated heterocycles. The Labute approximate surface area is 135 Å². The fourth-order valence-corrected chi connectivity index (χ4v) is 2.68. The first-order valence-electron chi connectivity index (χ1n) is 7.79. The zero-order chi connectivity index (χ0) is 16.4. The van der Waals surface area contributed by atoms with Gasteiger partial charge < -0.3 is 4.98 Å². The van der Waals surface area contributed by atoms with Crippen molar-refractivity contribution in [3.8, 4) is 0 Å². The number of hydrogen-bond acceptors (Lipinski definition) is 3. The number of nitrogens with zero attached hydrogens (tertiary/aromatic N) is 2. The minimum absolute atomic E-state index is 0.0815. The molecular formula is C19H21N3O. The van der Waals surface area contributed by atoms with Gasteiger partial charge in [-0.15, -0.1) is 0 Å². The summed E-state index contributed by atoms with van der Waals surface area (Å²) in [4.78, 5) is 21.8. The second-order valence-electron chi connectivity index (χ2n) is 6.03. The lowest BCUT2D eigenvalue weighted by atomic mass is 10.1. The maximum Gasteiger partial charge on any atom is 0.258 e. The van der Waals surface area contributed by atoms with E-state index in [4.69, 9.17) is 0 Å². The molecule has 0 spiro atoms. The third-order valence-corrected chi connectivity index (χ3v) is 4.28. The maximum absolute atomic E-state index is 12.1. The number of fused-ring (bicyclic) bond motifs is 1. The number of hydrogen-bond donors (Lipinski definition) is 1. The highest BCUT2D eigenvalue weighted by molar-refractivity contribution is 5.77. The molecule has 0 aliphatic heterocycles. The average molecular weight is 307 g/mol. The minimum atomic E-state index is -0.0815. The third kappa shape index (κ3) is 3.32. The van der Waals surface area contributed by atoms with E-state index in [1.165, 1.54) is 11.1 Å². The van der Waals surface area contributed by atoms with Crippen molar-refractivity contribution in [2.24, 2.45) is 0 Å². The molecule has 118 valence electrons. The normalized spacial score (nSPS) is 12.7. The SMILES string of the molecule is Cc1ccc(C(C)N(C)Cc2nc3ccccc3c(=O)[nH]2)cc1. The third-order valence-electron chi connectivity index (χ3n) is 4.28. The van der Waals surface area contributed by atoms with E-state index < -0.39 is 0 Å². The highest BCUT2D eigenvalue weighted by Crippen LogP contribution is 2.20. The average Bonchev–Trinajstić information content (AvgIpc) is 2.55. The molecule has 3 aromatic rings. The van der Waals surface area contributed by atoms with Crippen LogP contribution in [0.5, 0.6) is 0 Å². The number of H-pyrrole nitrogens is 1. The highest BCUT2D eigenvalue weighted by atomic mass is 16.1. The molecule has 0 fully saturated rings. The van der Waals surface area contributed by atoms with Gasteiger partial charge in [-0.2, -0.15) is 0 Å². The van der Waals surface area contributed by atoms with Gasteiger partial charge in [-0.25, -0.2) is 4.98 Å². The molecule has 0 bridgehead atoms. The first-order valence-corrected chi connectivity index (χ1v) is 7.79. The van der Waals surface area contributed by atoms with E-state index in [-0.39, 0.29) is 11.6 Å². The molecule has 23 heavy (non-hydrogen) atoms. The summed E-state index contributed by atoms with van der Waals surface area (Å²) in [5.74, 6) is 0.690. The Morgan fingerprint density at radius 3 is 2.57 bits per heavy atom. The van der Waals surface area contributed by atoms with Gasteiger partial charge in [-0.3, -0.25) is 9.69 Å². The van der Waals surface area contributed by atoms with Gasteiger partial charge in [-0.05, 0) is 38.6 Å². The lowest BCUT2D eigenvalue weighted by Crippen LogP contribution is -2.25. The van der Waals surface area contributed by atoms with Crippen molar-refractivity contribution in [2.75, 3.05) is 7.05 Å². The predicted molar refractivity (Wildman–Crippen MR) is 93.4 cm³/mol. The summed E-state index contributed by atoms with van der Waals surface area (Å²) in [5.41, 5.74) is 3.16. The van der Waals surface area contributed by atoms with Crippen LogP contribution in [0.25, 0.3) is 10.9 Å². The quantitative estimate of drug-likeness (QED) is 0.803. The Morgan fingerprint density at radius 1 is 1.13 bits per heavy atom. The Kier molecular flexibility index (Phi) is 4.26. The molecule has 1 unspecified atom stereocenters. The molecule has 0 radical (unpaired) electrons. The van der Waals surface area contributed by atoms with Gasteiger partial charge in [-0.1, -0.05) is 42.0 Å². The van der Waals surface area contributed by atoms with E-state index >= 15 is 0 Å².